The number of carbonyl (C=O) groups is 2. The van der Waals surface area contributed by atoms with Gasteiger partial charge in [-0.25, -0.2) is 5.43 Å². The number of ether oxygens (including phenoxy) is 3. The number of carbonyl (C=O) groups excluding carboxylic acids is 2. The van der Waals surface area contributed by atoms with Crippen LogP contribution in [-0.4, -0.2) is 56.8 Å². The Morgan fingerprint density at radius 1 is 1.06 bits per heavy atom. The van der Waals surface area contributed by atoms with E-state index in [4.69, 9.17) is 14.2 Å². The molecule has 0 aliphatic carbocycles. The molecular formula is C25H29N3O5. The van der Waals surface area contributed by atoms with Crippen LogP contribution in [0.15, 0.2) is 60.2 Å². The molecule has 2 aromatic carbocycles. The van der Waals surface area contributed by atoms with Crippen LogP contribution in [0.2, 0.25) is 0 Å². The van der Waals surface area contributed by atoms with Gasteiger partial charge in [0, 0.05) is 30.6 Å². The van der Waals surface area contributed by atoms with Crippen LogP contribution in [-0.2, 0) is 4.79 Å². The first kappa shape index (κ1) is 23.8. The summed E-state index contributed by atoms with van der Waals surface area (Å²) in [5.74, 6) is 1.41. The maximum atomic E-state index is 12.9. The largest absolute Gasteiger partial charge is 0.497 e. The van der Waals surface area contributed by atoms with Gasteiger partial charge in [0.15, 0.2) is 0 Å². The highest BCUT2D eigenvalue weighted by atomic mass is 16.5. The average Bonchev–Trinajstić information content (AvgIpc) is 2.87. The van der Waals surface area contributed by atoms with E-state index in [0.29, 0.717) is 49.6 Å². The number of hydrogen-bond acceptors (Lipinski definition) is 6. The minimum absolute atomic E-state index is 0.107. The van der Waals surface area contributed by atoms with Gasteiger partial charge in [0.1, 0.15) is 23.9 Å². The summed E-state index contributed by atoms with van der Waals surface area (Å²) in [4.78, 5) is 27.1. The molecule has 0 radical (unpaired) electrons. The molecule has 1 saturated heterocycles. The van der Waals surface area contributed by atoms with Gasteiger partial charge in [0.25, 0.3) is 5.91 Å². The molecule has 33 heavy (non-hydrogen) atoms. The van der Waals surface area contributed by atoms with Crippen LogP contribution in [0.1, 0.15) is 28.8 Å². The Kier molecular flexibility index (Phi) is 8.46. The minimum Gasteiger partial charge on any atom is -0.497 e. The van der Waals surface area contributed by atoms with Crippen molar-refractivity contribution in [3.63, 3.8) is 0 Å². The highest BCUT2D eigenvalue weighted by molar-refractivity contribution is 5.95. The minimum atomic E-state index is -0.194. The van der Waals surface area contributed by atoms with E-state index < -0.39 is 0 Å². The summed E-state index contributed by atoms with van der Waals surface area (Å²) in [5.41, 5.74) is 3.95. The fraction of sp³-hybridized carbons (Fsp3) is 0.320. The quantitative estimate of drug-likeness (QED) is 0.359. The van der Waals surface area contributed by atoms with E-state index in [1.807, 2.05) is 24.3 Å². The lowest BCUT2D eigenvalue weighted by atomic mass is 9.95. The van der Waals surface area contributed by atoms with Crippen molar-refractivity contribution in [1.29, 1.82) is 0 Å². The predicted octanol–water partition coefficient (Wildman–Crippen LogP) is 3.27. The summed E-state index contributed by atoms with van der Waals surface area (Å²) in [7, 11) is 3.09. The molecule has 1 aliphatic rings. The first-order valence-corrected chi connectivity index (χ1v) is 10.7. The van der Waals surface area contributed by atoms with Crippen molar-refractivity contribution in [3.05, 3.63) is 66.2 Å². The zero-order valence-electron chi connectivity index (χ0n) is 19.0. The molecular weight excluding hydrogens is 422 g/mol. The maximum absolute atomic E-state index is 12.9. The van der Waals surface area contributed by atoms with Crippen LogP contribution in [0.4, 0.5) is 0 Å². The summed E-state index contributed by atoms with van der Waals surface area (Å²) in [6.07, 6.45) is 4.42. The van der Waals surface area contributed by atoms with Crippen LogP contribution >= 0.6 is 0 Å². The zero-order chi connectivity index (χ0) is 23.6. The van der Waals surface area contributed by atoms with Gasteiger partial charge >= 0.3 is 0 Å². The van der Waals surface area contributed by atoms with Crippen LogP contribution in [0.25, 0.3) is 0 Å². The molecule has 1 aliphatic heterocycles. The highest BCUT2D eigenvalue weighted by Crippen LogP contribution is 2.25. The number of hydrazone groups is 1. The summed E-state index contributed by atoms with van der Waals surface area (Å²) in [6.45, 7) is 5.04. The molecule has 2 aromatic rings. The van der Waals surface area contributed by atoms with Crippen molar-refractivity contribution in [2.24, 2.45) is 11.0 Å². The van der Waals surface area contributed by atoms with Crippen LogP contribution in [0.3, 0.4) is 0 Å². The second-order valence-electron chi connectivity index (χ2n) is 7.57. The molecule has 0 saturated carbocycles. The first-order valence-electron chi connectivity index (χ1n) is 10.7. The van der Waals surface area contributed by atoms with Gasteiger partial charge in [-0.05, 0) is 54.8 Å². The van der Waals surface area contributed by atoms with Crippen molar-refractivity contribution in [3.8, 4) is 17.2 Å². The number of nitrogens with zero attached hydrogens (tertiary/aromatic N) is 2. The molecule has 8 heteroatoms. The van der Waals surface area contributed by atoms with E-state index in [1.165, 1.54) is 0 Å². The topological polar surface area (TPSA) is 89.5 Å². The van der Waals surface area contributed by atoms with Crippen molar-refractivity contribution in [2.45, 2.75) is 12.8 Å². The summed E-state index contributed by atoms with van der Waals surface area (Å²) in [6, 6.07) is 12.5. The van der Waals surface area contributed by atoms with E-state index in [1.54, 1.807) is 49.6 Å². The summed E-state index contributed by atoms with van der Waals surface area (Å²) < 4.78 is 15.9. The van der Waals surface area contributed by atoms with Crippen LogP contribution in [0.5, 0.6) is 17.2 Å². The molecule has 8 nitrogen and oxygen atoms in total. The molecule has 0 bridgehead atoms. The molecule has 1 N–H and O–H groups in total. The third-order valence-corrected chi connectivity index (χ3v) is 5.39. The van der Waals surface area contributed by atoms with E-state index in [2.05, 4.69) is 17.1 Å². The molecule has 1 heterocycles. The van der Waals surface area contributed by atoms with Gasteiger partial charge < -0.3 is 19.1 Å². The Morgan fingerprint density at radius 2 is 1.70 bits per heavy atom. The lowest BCUT2D eigenvalue weighted by molar-refractivity contribution is -0.126. The fourth-order valence-electron chi connectivity index (χ4n) is 3.53. The number of rotatable bonds is 9. The van der Waals surface area contributed by atoms with E-state index in [9.17, 15) is 9.59 Å². The second-order valence-corrected chi connectivity index (χ2v) is 7.57. The third-order valence-electron chi connectivity index (χ3n) is 5.39. The Morgan fingerprint density at radius 3 is 2.27 bits per heavy atom. The Labute approximate surface area is 193 Å². The standard InChI is InChI=1S/C25H29N3O5/c1-4-13-33-21-7-5-18(6-8-21)17-26-27-24(29)19-9-11-28(12-10-19)25(30)20-14-22(31-2)16-23(15-20)32-3/h4-8,14-17,19H,1,9-13H2,2-3H3,(H,27,29)/b26-17-. The lowest BCUT2D eigenvalue weighted by Crippen LogP contribution is -2.42. The van der Waals surface area contributed by atoms with Crippen LogP contribution < -0.4 is 19.6 Å². The van der Waals surface area contributed by atoms with Crippen LogP contribution in [0, 0.1) is 5.92 Å². The molecule has 0 spiro atoms. The molecule has 0 aromatic heterocycles. The monoisotopic (exact) mass is 451 g/mol. The predicted molar refractivity (Wildman–Crippen MR) is 126 cm³/mol. The lowest BCUT2D eigenvalue weighted by Gasteiger charge is -2.31. The smallest absolute Gasteiger partial charge is 0.254 e. The highest BCUT2D eigenvalue weighted by Gasteiger charge is 2.28. The van der Waals surface area contributed by atoms with E-state index in [-0.39, 0.29) is 17.7 Å². The van der Waals surface area contributed by atoms with E-state index in [0.717, 1.165) is 11.3 Å². The number of likely N-dealkylation sites (tertiary alicyclic amines) is 1. The fourth-order valence-corrected chi connectivity index (χ4v) is 3.53. The summed E-state index contributed by atoms with van der Waals surface area (Å²) >= 11 is 0. The van der Waals surface area contributed by atoms with Gasteiger partial charge in [-0.15, -0.1) is 0 Å². The number of hydrogen-bond donors (Lipinski definition) is 1. The number of nitrogens with one attached hydrogen (secondary N) is 1. The van der Waals surface area contributed by atoms with Gasteiger partial charge in [-0.1, -0.05) is 12.7 Å². The third kappa shape index (κ3) is 6.58. The first-order chi connectivity index (χ1) is 16.0. The summed E-state index contributed by atoms with van der Waals surface area (Å²) in [5, 5.41) is 4.06. The van der Waals surface area contributed by atoms with Gasteiger partial charge in [0.05, 0.1) is 20.4 Å². The Hall–Kier alpha value is -3.81. The molecule has 3 rings (SSSR count). The van der Waals surface area contributed by atoms with Crippen molar-refractivity contribution < 1.29 is 23.8 Å². The molecule has 1 fully saturated rings. The maximum Gasteiger partial charge on any atom is 0.254 e. The Balaban J connectivity index is 1.49. The second kappa shape index (κ2) is 11.7. The van der Waals surface area contributed by atoms with Gasteiger partial charge in [-0.2, -0.15) is 5.10 Å². The Bertz CT molecular complexity index is 973. The number of piperidine rings is 1. The molecule has 0 atom stereocenters. The number of benzene rings is 2. The van der Waals surface area contributed by atoms with E-state index >= 15 is 0 Å². The van der Waals surface area contributed by atoms with Gasteiger partial charge in [-0.3, -0.25) is 9.59 Å². The molecule has 0 unspecified atom stereocenters. The average molecular weight is 452 g/mol. The normalized spacial score (nSPS) is 14.1. The SMILES string of the molecule is C=CCOc1ccc(/C=N\NC(=O)C2CCN(C(=O)c3cc(OC)cc(OC)c3)CC2)cc1. The molecule has 2 amide bonds. The number of amides is 2. The van der Waals surface area contributed by atoms with Crippen molar-refractivity contribution in [2.75, 3.05) is 33.9 Å². The number of methoxy groups -OCH3 is 2. The van der Waals surface area contributed by atoms with Crippen molar-refractivity contribution >= 4 is 18.0 Å². The van der Waals surface area contributed by atoms with Gasteiger partial charge in [0.2, 0.25) is 5.91 Å². The zero-order valence-corrected chi connectivity index (χ0v) is 19.0. The molecule has 174 valence electrons. The van der Waals surface area contributed by atoms with Crippen molar-refractivity contribution in [1.82, 2.24) is 10.3 Å².